The average molecular weight is 553 g/mol. The van der Waals surface area contributed by atoms with E-state index in [4.69, 9.17) is 14.2 Å². The minimum absolute atomic E-state index is 0.119. The van der Waals surface area contributed by atoms with E-state index in [-0.39, 0.29) is 30.1 Å². The van der Waals surface area contributed by atoms with Gasteiger partial charge in [0.15, 0.2) is 29.9 Å². The van der Waals surface area contributed by atoms with E-state index >= 15 is 4.39 Å². The number of unbranched alkanes of at least 4 members (excludes halogenated alkanes) is 2. The number of hydrogen-bond donors (Lipinski definition) is 1. The lowest BCUT2D eigenvalue weighted by molar-refractivity contribution is 0.0449. The van der Waals surface area contributed by atoms with Gasteiger partial charge in [-0.3, -0.25) is 0 Å². The second-order valence-corrected chi connectivity index (χ2v) is 10.3. The van der Waals surface area contributed by atoms with E-state index in [1.54, 1.807) is 6.08 Å². The van der Waals surface area contributed by atoms with Gasteiger partial charge >= 0.3 is 0 Å². The van der Waals surface area contributed by atoms with Crippen molar-refractivity contribution in [3.63, 3.8) is 0 Å². The van der Waals surface area contributed by atoms with Gasteiger partial charge in [-0.2, -0.15) is 8.78 Å². The molecule has 0 radical (unpaired) electrons. The van der Waals surface area contributed by atoms with E-state index < -0.39 is 53.2 Å². The lowest BCUT2D eigenvalue weighted by atomic mass is 9.80. The summed E-state index contributed by atoms with van der Waals surface area (Å²) in [5.41, 5.74) is -0.609. The molecule has 1 fully saturated rings. The van der Waals surface area contributed by atoms with Gasteiger partial charge in [-0.05, 0) is 49.1 Å². The molecule has 216 valence electrons. The minimum Gasteiger partial charge on any atom is -0.490 e. The summed E-state index contributed by atoms with van der Waals surface area (Å²) in [5, 5.41) is 11.0. The molecule has 0 saturated heterocycles. The number of halogens is 4. The van der Waals surface area contributed by atoms with Crippen molar-refractivity contribution in [1.82, 2.24) is 0 Å². The number of aliphatic hydroxyl groups is 1. The third-order valence-electron chi connectivity index (χ3n) is 7.53. The molecule has 4 nitrogen and oxygen atoms in total. The van der Waals surface area contributed by atoms with E-state index in [0.29, 0.717) is 12.3 Å². The van der Waals surface area contributed by atoms with Crippen molar-refractivity contribution in [1.29, 1.82) is 0 Å². The van der Waals surface area contributed by atoms with Gasteiger partial charge in [0.25, 0.3) is 0 Å². The molecule has 2 aromatic rings. The predicted octanol–water partition coefficient (Wildman–Crippen LogP) is 8.19. The third-order valence-corrected chi connectivity index (χ3v) is 7.53. The van der Waals surface area contributed by atoms with Gasteiger partial charge in [0.2, 0.25) is 11.6 Å². The van der Waals surface area contributed by atoms with Gasteiger partial charge in [-0.25, -0.2) is 8.78 Å². The third kappa shape index (κ3) is 7.98. The molecule has 0 amide bonds. The van der Waals surface area contributed by atoms with Gasteiger partial charge < -0.3 is 19.3 Å². The van der Waals surface area contributed by atoms with Crippen LogP contribution in [0.2, 0.25) is 0 Å². The topological polar surface area (TPSA) is 47.9 Å². The van der Waals surface area contributed by atoms with E-state index in [1.807, 2.05) is 0 Å². The maximum absolute atomic E-state index is 15.1. The zero-order valence-corrected chi connectivity index (χ0v) is 22.9. The Morgan fingerprint density at radius 2 is 1.67 bits per heavy atom. The number of methoxy groups -OCH3 is 1. The molecule has 39 heavy (non-hydrogen) atoms. The largest absolute Gasteiger partial charge is 0.490 e. The van der Waals surface area contributed by atoms with Crippen LogP contribution >= 0.6 is 0 Å². The van der Waals surface area contributed by atoms with Crippen molar-refractivity contribution in [2.45, 2.75) is 77.2 Å². The maximum Gasteiger partial charge on any atom is 0.205 e. The molecule has 0 aliphatic heterocycles. The van der Waals surface area contributed by atoms with Crippen molar-refractivity contribution in [2.75, 3.05) is 20.5 Å². The van der Waals surface area contributed by atoms with Gasteiger partial charge in [0.1, 0.15) is 6.10 Å². The molecule has 0 spiro atoms. The molecule has 1 saturated carbocycles. The number of aliphatic hydroxyl groups excluding tert-OH is 1. The first kappa shape index (κ1) is 31.0. The fourth-order valence-electron chi connectivity index (χ4n) is 5.19. The smallest absolute Gasteiger partial charge is 0.205 e. The van der Waals surface area contributed by atoms with E-state index in [1.165, 1.54) is 44.9 Å². The SMILES string of the molecule is C=CCCc1ccc(C(O)c2cc(OCC3CCC(CCCCC)CC3)c(F)c(F)c2OCOC)c(F)c1F. The highest BCUT2D eigenvalue weighted by atomic mass is 19.2. The summed E-state index contributed by atoms with van der Waals surface area (Å²) in [6.07, 6.45) is 9.33. The quantitative estimate of drug-likeness (QED) is 0.105. The Hall–Kier alpha value is -2.58. The van der Waals surface area contributed by atoms with Crippen LogP contribution in [0.4, 0.5) is 17.6 Å². The first-order valence-electron chi connectivity index (χ1n) is 13.8. The second-order valence-electron chi connectivity index (χ2n) is 10.3. The zero-order chi connectivity index (χ0) is 28.4. The number of aryl methyl sites for hydroxylation is 1. The van der Waals surface area contributed by atoms with Gasteiger partial charge in [-0.15, -0.1) is 6.58 Å². The van der Waals surface area contributed by atoms with Crippen LogP contribution < -0.4 is 9.47 Å². The van der Waals surface area contributed by atoms with Gasteiger partial charge in [0, 0.05) is 18.2 Å². The molecule has 3 rings (SSSR count). The molecule has 0 heterocycles. The Balaban J connectivity index is 1.82. The summed E-state index contributed by atoms with van der Waals surface area (Å²) in [6.45, 7) is 5.50. The summed E-state index contributed by atoms with van der Waals surface area (Å²) >= 11 is 0. The van der Waals surface area contributed by atoms with Crippen LogP contribution in [0.1, 0.15) is 87.5 Å². The molecule has 2 aromatic carbocycles. The van der Waals surface area contributed by atoms with Crippen molar-refractivity contribution in [3.05, 3.63) is 70.8 Å². The number of ether oxygens (including phenoxy) is 3. The number of rotatable bonds is 15. The summed E-state index contributed by atoms with van der Waals surface area (Å²) in [5.74, 6) is -5.25. The molecule has 1 aliphatic carbocycles. The molecule has 1 aliphatic rings. The minimum atomic E-state index is -1.85. The first-order valence-corrected chi connectivity index (χ1v) is 13.8. The number of hydrogen-bond acceptors (Lipinski definition) is 4. The molecule has 1 N–H and O–H groups in total. The monoisotopic (exact) mass is 552 g/mol. The zero-order valence-electron chi connectivity index (χ0n) is 22.9. The van der Waals surface area contributed by atoms with Crippen LogP contribution in [-0.4, -0.2) is 25.6 Å². The van der Waals surface area contributed by atoms with Crippen LogP contribution in [0, 0.1) is 35.1 Å². The Bertz CT molecular complexity index is 1080. The Kier molecular flexibility index (Phi) is 12.1. The molecule has 0 aromatic heterocycles. The fraction of sp³-hybridized carbons (Fsp3) is 0.548. The molecular formula is C31H40F4O4. The van der Waals surface area contributed by atoms with Crippen LogP contribution in [0.5, 0.6) is 11.5 Å². The van der Waals surface area contributed by atoms with Crippen LogP contribution in [-0.2, 0) is 11.2 Å². The summed E-state index contributed by atoms with van der Waals surface area (Å²) in [6, 6.07) is 3.67. The Morgan fingerprint density at radius 1 is 0.949 bits per heavy atom. The van der Waals surface area contributed by atoms with E-state index in [2.05, 4.69) is 13.5 Å². The van der Waals surface area contributed by atoms with Crippen molar-refractivity contribution < 1.29 is 36.9 Å². The van der Waals surface area contributed by atoms with Crippen LogP contribution in [0.25, 0.3) is 0 Å². The summed E-state index contributed by atoms with van der Waals surface area (Å²) in [4.78, 5) is 0. The lowest BCUT2D eigenvalue weighted by Crippen LogP contribution is -2.21. The van der Waals surface area contributed by atoms with Crippen LogP contribution in [0.3, 0.4) is 0 Å². The number of benzene rings is 2. The van der Waals surface area contributed by atoms with Crippen molar-refractivity contribution in [3.8, 4) is 11.5 Å². The number of allylic oxidation sites excluding steroid dienone is 1. The van der Waals surface area contributed by atoms with Crippen molar-refractivity contribution in [2.24, 2.45) is 11.8 Å². The fourth-order valence-corrected chi connectivity index (χ4v) is 5.19. The Morgan fingerprint density at radius 3 is 2.33 bits per heavy atom. The highest BCUT2D eigenvalue weighted by Gasteiger charge is 2.29. The normalized spacial score (nSPS) is 18.1. The van der Waals surface area contributed by atoms with E-state index in [9.17, 15) is 18.3 Å². The standard InChI is InChI=1S/C31H40F4O4/c1-4-6-8-9-20-11-13-21(14-12-20)18-38-25-17-24(31(39-19-37-3)29(35)28(25)34)30(36)23-16-15-22(10-7-5-2)26(32)27(23)33/h5,15-17,20-21,30,36H,2,4,6-14,18-19H2,1,3H3. The summed E-state index contributed by atoms with van der Waals surface area (Å²) < 4.78 is 75.5. The maximum atomic E-state index is 15.1. The summed E-state index contributed by atoms with van der Waals surface area (Å²) in [7, 11) is 1.29. The molecule has 0 bridgehead atoms. The highest BCUT2D eigenvalue weighted by Crippen LogP contribution is 2.40. The van der Waals surface area contributed by atoms with Gasteiger partial charge in [-0.1, -0.05) is 63.7 Å². The van der Waals surface area contributed by atoms with Gasteiger partial charge in [0.05, 0.1) is 6.61 Å². The molecule has 1 atom stereocenters. The van der Waals surface area contributed by atoms with E-state index in [0.717, 1.165) is 31.7 Å². The molecule has 1 unspecified atom stereocenters. The lowest BCUT2D eigenvalue weighted by Gasteiger charge is -2.28. The highest BCUT2D eigenvalue weighted by molar-refractivity contribution is 5.48. The predicted molar refractivity (Wildman–Crippen MR) is 143 cm³/mol. The van der Waals surface area contributed by atoms with Crippen LogP contribution in [0.15, 0.2) is 30.9 Å². The first-order chi connectivity index (χ1) is 18.8. The average Bonchev–Trinajstić information content (AvgIpc) is 2.94. The molecule has 8 heteroatoms. The molecular weight excluding hydrogens is 512 g/mol. The second kappa shape index (κ2) is 15.3. The Labute approximate surface area is 229 Å². The van der Waals surface area contributed by atoms with Crippen molar-refractivity contribution >= 4 is 0 Å².